The molecule has 16 heavy (non-hydrogen) atoms. The van der Waals surface area contributed by atoms with Crippen molar-refractivity contribution in [3.63, 3.8) is 0 Å². The van der Waals surface area contributed by atoms with Crippen molar-refractivity contribution >= 4 is 17.0 Å². The predicted molar refractivity (Wildman–Crippen MR) is 67.9 cm³/mol. The van der Waals surface area contributed by atoms with Gasteiger partial charge >= 0.3 is 0 Å². The predicted octanol–water partition coefficient (Wildman–Crippen LogP) is 3.33. The number of nitrogens with zero attached hydrogens (tertiary/aromatic N) is 2. The first-order valence-corrected chi connectivity index (χ1v) is 6.08. The molecule has 1 unspecified atom stereocenters. The Labute approximate surface area is 99.6 Å². The van der Waals surface area contributed by atoms with Gasteiger partial charge in [0.15, 0.2) is 0 Å². The Morgan fingerprint density at radius 2 is 2.00 bits per heavy atom. The highest BCUT2D eigenvalue weighted by Gasteiger charge is 2.08. The van der Waals surface area contributed by atoms with E-state index in [1.54, 1.807) is 11.3 Å². The zero-order chi connectivity index (χ0) is 11.5. The van der Waals surface area contributed by atoms with Gasteiger partial charge in [-0.15, -0.1) is 11.3 Å². The summed E-state index contributed by atoms with van der Waals surface area (Å²) < 4.78 is 0. The van der Waals surface area contributed by atoms with Crippen LogP contribution in [-0.4, -0.2) is 9.97 Å². The van der Waals surface area contributed by atoms with Gasteiger partial charge in [-0.1, -0.05) is 0 Å². The summed E-state index contributed by atoms with van der Waals surface area (Å²) in [5, 5.41) is 4.51. The molecular formula is C12H15N3S. The number of aryl methyl sites for hydroxylation is 2. The second-order valence-corrected chi connectivity index (χ2v) is 5.10. The summed E-state index contributed by atoms with van der Waals surface area (Å²) in [7, 11) is 0. The molecule has 0 saturated heterocycles. The molecule has 0 saturated carbocycles. The topological polar surface area (TPSA) is 37.8 Å². The van der Waals surface area contributed by atoms with Gasteiger partial charge in [-0.05, 0) is 32.9 Å². The number of aromatic nitrogens is 2. The molecule has 0 aliphatic rings. The molecule has 2 rings (SSSR count). The third-order valence-electron chi connectivity index (χ3n) is 2.36. The van der Waals surface area contributed by atoms with Crippen molar-refractivity contribution in [3.8, 4) is 0 Å². The molecule has 1 atom stereocenters. The van der Waals surface area contributed by atoms with Crippen LogP contribution in [0.1, 0.15) is 28.5 Å². The molecule has 0 aromatic carbocycles. The molecule has 0 amide bonds. The summed E-state index contributed by atoms with van der Waals surface area (Å²) in [6.45, 7) is 6.14. The van der Waals surface area contributed by atoms with Gasteiger partial charge in [0.25, 0.3) is 0 Å². The second-order valence-electron chi connectivity index (χ2n) is 3.84. The van der Waals surface area contributed by atoms with Crippen LogP contribution in [0.2, 0.25) is 0 Å². The normalized spacial score (nSPS) is 12.4. The van der Waals surface area contributed by atoms with Gasteiger partial charge in [-0.3, -0.25) is 4.98 Å². The third kappa shape index (κ3) is 2.58. The standard InChI is InChI=1S/C12H15N3S/c1-8-4-5-11(6-13-8)15-9(2)12-7-14-10(3)16-12/h4-7,9,15H,1-3H3. The van der Waals surface area contributed by atoms with Gasteiger partial charge in [-0.2, -0.15) is 0 Å². The molecule has 0 fully saturated rings. The Balaban J connectivity index is 2.07. The second kappa shape index (κ2) is 4.61. The molecule has 4 heteroatoms. The number of hydrogen-bond acceptors (Lipinski definition) is 4. The van der Waals surface area contributed by atoms with Crippen molar-refractivity contribution in [2.75, 3.05) is 5.32 Å². The van der Waals surface area contributed by atoms with Crippen LogP contribution in [-0.2, 0) is 0 Å². The highest BCUT2D eigenvalue weighted by Crippen LogP contribution is 2.23. The molecule has 84 valence electrons. The molecular weight excluding hydrogens is 218 g/mol. The van der Waals surface area contributed by atoms with E-state index in [1.807, 2.05) is 38.4 Å². The summed E-state index contributed by atoms with van der Waals surface area (Å²) in [5.74, 6) is 0. The quantitative estimate of drug-likeness (QED) is 0.883. The lowest BCUT2D eigenvalue weighted by molar-refractivity contribution is 0.900. The molecule has 2 heterocycles. The minimum Gasteiger partial charge on any atom is -0.376 e. The SMILES string of the molecule is Cc1ccc(NC(C)c2cnc(C)s2)cn1. The zero-order valence-electron chi connectivity index (χ0n) is 9.69. The first-order valence-electron chi connectivity index (χ1n) is 5.26. The van der Waals surface area contributed by atoms with E-state index in [2.05, 4.69) is 22.2 Å². The summed E-state index contributed by atoms with van der Waals surface area (Å²) in [5.41, 5.74) is 2.08. The molecule has 0 radical (unpaired) electrons. The Morgan fingerprint density at radius 3 is 2.56 bits per heavy atom. The lowest BCUT2D eigenvalue weighted by Crippen LogP contribution is -2.05. The maximum Gasteiger partial charge on any atom is 0.0897 e. The average Bonchev–Trinajstić information content (AvgIpc) is 2.68. The minimum atomic E-state index is 0.274. The summed E-state index contributed by atoms with van der Waals surface area (Å²) in [6.07, 6.45) is 3.79. The number of thiazole rings is 1. The maximum atomic E-state index is 4.26. The maximum absolute atomic E-state index is 4.26. The molecule has 2 aromatic heterocycles. The van der Waals surface area contributed by atoms with E-state index < -0.39 is 0 Å². The third-order valence-corrected chi connectivity index (χ3v) is 3.46. The van der Waals surface area contributed by atoms with E-state index >= 15 is 0 Å². The van der Waals surface area contributed by atoms with Crippen molar-refractivity contribution in [2.45, 2.75) is 26.8 Å². The van der Waals surface area contributed by atoms with Crippen LogP contribution in [0.3, 0.4) is 0 Å². The van der Waals surface area contributed by atoms with Crippen molar-refractivity contribution < 1.29 is 0 Å². The molecule has 0 bridgehead atoms. The summed E-state index contributed by atoms with van der Waals surface area (Å²) in [4.78, 5) is 9.76. The van der Waals surface area contributed by atoms with Gasteiger partial charge in [0.2, 0.25) is 0 Å². The molecule has 0 aliphatic heterocycles. The highest BCUT2D eigenvalue weighted by molar-refractivity contribution is 7.11. The highest BCUT2D eigenvalue weighted by atomic mass is 32.1. The van der Waals surface area contributed by atoms with Crippen molar-refractivity contribution in [3.05, 3.63) is 40.1 Å². The number of rotatable bonds is 3. The average molecular weight is 233 g/mol. The van der Waals surface area contributed by atoms with Crippen molar-refractivity contribution in [2.24, 2.45) is 0 Å². The largest absolute Gasteiger partial charge is 0.376 e. The van der Waals surface area contributed by atoms with E-state index in [0.717, 1.165) is 16.4 Å². The van der Waals surface area contributed by atoms with Gasteiger partial charge in [0.05, 0.1) is 22.9 Å². The van der Waals surface area contributed by atoms with Gasteiger partial charge < -0.3 is 5.32 Å². The molecule has 2 aromatic rings. The fourth-order valence-electron chi connectivity index (χ4n) is 1.45. The summed E-state index contributed by atoms with van der Waals surface area (Å²) in [6, 6.07) is 4.33. The van der Waals surface area contributed by atoms with Crippen LogP contribution >= 0.6 is 11.3 Å². The lowest BCUT2D eigenvalue weighted by atomic mass is 10.2. The van der Waals surface area contributed by atoms with Crippen molar-refractivity contribution in [1.29, 1.82) is 0 Å². The van der Waals surface area contributed by atoms with Crippen LogP contribution in [0.15, 0.2) is 24.5 Å². The first-order chi connectivity index (χ1) is 7.65. The van der Waals surface area contributed by atoms with Gasteiger partial charge in [0.1, 0.15) is 0 Å². The Hall–Kier alpha value is -1.42. The monoisotopic (exact) mass is 233 g/mol. The Morgan fingerprint density at radius 1 is 1.19 bits per heavy atom. The van der Waals surface area contributed by atoms with Crippen LogP contribution in [0.25, 0.3) is 0 Å². The number of hydrogen-bond donors (Lipinski definition) is 1. The fraction of sp³-hybridized carbons (Fsp3) is 0.333. The van der Waals surface area contributed by atoms with Gasteiger partial charge in [-0.25, -0.2) is 4.98 Å². The van der Waals surface area contributed by atoms with E-state index in [-0.39, 0.29) is 6.04 Å². The van der Waals surface area contributed by atoms with Crippen LogP contribution in [0.4, 0.5) is 5.69 Å². The Kier molecular flexibility index (Phi) is 3.19. The minimum absolute atomic E-state index is 0.274. The Bertz CT molecular complexity index is 461. The van der Waals surface area contributed by atoms with Crippen LogP contribution < -0.4 is 5.32 Å². The smallest absolute Gasteiger partial charge is 0.0897 e. The number of nitrogens with one attached hydrogen (secondary N) is 1. The van der Waals surface area contributed by atoms with E-state index in [0.29, 0.717) is 0 Å². The number of pyridine rings is 1. The molecule has 3 nitrogen and oxygen atoms in total. The zero-order valence-corrected chi connectivity index (χ0v) is 10.5. The first kappa shape index (κ1) is 11.1. The molecule has 0 spiro atoms. The van der Waals surface area contributed by atoms with E-state index in [1.165, 1.54) is 4.88 Å². The van der Waals surface area contributed by atoms with Crippen LogP contribution in [0.5, 0.6) is 0 Å². The van der Waals surface area contributed by atoms with Crippen molar-refractivity contribution in [1.82, 2.24) is 9.97 Å². The van der Waals surface area contributed by atoms with Gasteiger partial charge in [0, 0.05) is 16.8 Å². The number of anilines is 1. The molecule has 0 aliphatic carbocycles. The lowest BCUT2D eigenvalue weighted by Gasteiger charge is -2.12. The fourth-order valence-corrected chi connectivity index (χ4v) is 2.24. The van der Waals surface area contributed by atoms with Crippen LogP contribution in [0, 0.1) is 13.8 Å². The van der Waals surface area contributed by atoms with E-state index in [4.69, 9.17) is 0 Å². The summed E-state index contributed by atoms with van der Waals surface area (Å²) >= 11 is 1.72. The molecule has 1 N–H and O–H groups in total. The van der Waals surface area contributed by atoms with E-state index in [9.17, 15) is 0 Å².